The number of nitrogens with one attached hydrogen (secondary N) is 1. The zero-order valence-electron chi connectivity index (χ0n) is 13.9. The maximum absolute atomic E-state index is 12.7. The summed E-state index contributed by atoms with van der Waals surface area (Å²) in [5.41, 5.74) is 0.869. The van der Waals surface area contributed by atoms with Crippen molar-refractivity contribution < 1.29 is 22.7 Å². The van der Waals surface area contributed by atoms with Crippen molar-refractivity contribution in [2.45, 2.75) is 29.6 Å². The smallest absolute Gasteiger partial charge is 0.253 e. The van der Waals surface area contributed by atoms with Crippen LogP contribution in [-0.4, -0.2) is 38.0 Å². The van der Waals surface area contributed by atoms with Crippen LogP contribution >= 0.6 is 11.3 Å². The first kappa shape index (κ1) is 17.3. The molecule has 1 amide bonds. The monoisotopic (exact) mass is 394 g/mol. The summed E-state index contributed by atoms with van der Waals surface area (Å²) >= 11 is 1.16. The SMILES string of the molecule is O=C(NCc1ccc2c(c1)OCO2)C1CCCN1S(=O)(=O)c1cccs1. The lowest BCUT2D eigenvalue weighted by molar-refractivity contribution is -0.124. The lowest BCUT2D eigenvalue weighted by Crippen LogP contribution is -2.45. The molecule has 1 aromatic carbocycles. The molecule has 138 valence electrons. The van der Waals surface area contributed by atoms with Crippen molar-refractivity contribution in [1.29, 1.82) is 0 Å². The van der Waals surface area contributed by atoms with Gasteiger partial charge in [0, 0.05) is 13.1 Å². The Hall–Kier alpha value is -2.10. The van der Waals surface area contributed by atoms with E-state index in [-0.39, 0.29) is 16.9 Å². The van der Waals surface area contributed by atoms with Crippen LogP contribution in [0.2, 0.25) is 0 Å². The first-order valence-corrected chi connectivity index (χ1v) is 10.6. The molecule has 7 nitrogen and oxygen atoms in total. The number of thiophene rings is 1. The van der Waals surface area contributed by atoms with E-state index >= 15 is 0 Å². The molecule has 1 saturated heterocycles. The number of hydrogen-bond donors (Lipinski definition) is 1. The molecule has 0 spiro atoms. The van der Waals surface area contributed by atoms with Gasteiger partial charge in [-0.15, -0.1) is 11.3 Å². The molecule has 9 heteroatoms. The van der Waals surface area contributed by atoms with Crippen molar-refractivity contribution in [3.63, 3.8) is 0 Å². The lowest BCUT2D eigenvalue weighted by atomic mass is 10.2. The Labute approximate surface area is 155 Å². The minimum Gasteiger partial charge on any atom is -0.454 e. The van der Waals surface area contributed by atoms with Gasteiger partial charge in [-0.25, -0.2) is 8.42 Å². The molecule has 1 fully saturated rings. The molecule has 0 aliphatic carbocycles. The number of fused-ring (bicyclic) bond motifs is 1. The molecule has 0 saturated carbocycles. The Kier molecular flexibility index (Phi) is 4.60. The largest absolute Gasteiger partial charge is 0.454 e. The van der Waals surface area contributed by atoms with Crippen LogP contribution in [0.25, 0.3) is 0 Å². The fraction of sp³-hybridized carbons (Fsp3) is 0.353. The highest BCUT2D eigenvalue weighted by molar-refractivity contribution is 7.91. The first-order chi connectivity index (χ1) is 12.6. The van der Waals surface area contributed by atoms with Gasteiger partial charge in [-0.1, -0.05) is 12.1 Å². The topological polar surface area (TPSA) is 84.9 Å². The van der Waals surface area contributed by atoms with E-state index in [1.165, 1.54) is 4.31 Å². The Morgan fingerprint density at radius 1 is 1.27 bits per heavy atom. The third-order valence-electron chi connectivity index (χ3n) is 4.47. The van der Waals surface area contributed by atoms with Crippen molar-refractivity contribution in [2.24, 2.45) is 0 Å². The average Bonchev–Trinajstić information content (AvgIpc) is 3.40. The highest BCUT2D eigenvalue weighted by Gasteiger charge is 2.39. The van der Waals surface area contributed by atoms with E-state index in [1.807, 2.05) is 12.1 Å². The molecular weight excluding hydrogens is 376 g/mol. The third-order valence-corrected chi connectivity index (χ3v) is 7.75. The normalized spacial score (nSPS) is 19.6. The summed E-state index contributed by atoms with van der Waals surface area (Å²) in [6, 6.07) is 8.06. The summed E-state index contributed by atoms with van der Waals surface area (Å²) in [6.07, 6.45) is 1.20. The molecule has 26 heavy (non-hydrogen) atoms. The summed E-state index contributed by atoms with van der Waals surface area (Å²) in [7, 11) is -3.63. The van der Waals surface area contributed by atoms with Gasteiger partial charge in [-0.05, 0) is 42.0 Å². The van der Waals surface area contributed by atoms with E-state index in [0.717, 1.165) is 16.9 Å². The van der Waals surface area contributed by atoms with Gasteiger partial charge >= 0.3 is 0 Å². The average molecular weight is 394 g/mol. The van der Waals surface area contributed by atoms with Gasteiger partial charge in [0.2, 0.25) is 12.7 Å². The van der Waals surface area contributed by atoms with Gasteiger partial charge in [0.05, 0.1) is 0 Å². The number of benzene rings is 1. The number of sulfonamides is 1. The van der Waals surface area contributed by atoms with Gasteiger partial charge in [-0.3, -0.25) is 4.79 Å². The second-order valence-electron chi connectivity index (χ2n) is 6.11. The first-order valence-electron chi connectivity index (χ1n) is 8.27. The van der Waals surface area contributed by atoms with Crippen molar-refractivity contribution in [2.75, 3.05) is 13.3 Å². The van der Waals surface area contributed by atoms with Crippen molar-refractivity contribution in [3.8, 4) is 11.5 Å². The van der Waals surface area contributed by atoms with Crippen LogP contribution in [0.4, 0.5) is 0 Å². The lowest BCUT2D eigenvalue weighted by Gasteiger charge is -2.22. The Balaban J connectivity index is 1.44. The molecule has 1 atom stereocenters. The van der Waals surface area contributed by atoms with Crippen LogP contribution in [0.5, 0.6) is 11.5 Å². The Morgan fingerprint density at radius 2 is 2.12 bits per heavy atom. The van der Waals surface area contributed by atoms with E-state index in [4.69, 9.17) is 9.47 Å². The van der Waals surface area contributed by atoms with Crippen LogP contribution in [0.3, 0.4) is 0 Å². The van der Waals surface area contributed by atoms with Crippen LogP contribution in [0.15, 0.2) is 39.9 Å². The number of amides is 1. The molecule has 2 aliphatic heterocycles. The molecule has 4 rings (SSSR count). The summed E-state index contributed by atoms with van der Waals surface area (Å²) in [4.78, 5) is 12.6. The number of carbonyl (C=O) groups excluding carboxylic acids is 1. The second-order valence-corrected chi connectivity index (χ2v) is 9.18. The zero-order chi connectivity index (χ0) is 18.1. The fourth-order valence-corrected chi connectivity index (χ4v) is 5.95. The summed E-state index contributed by atoms with van der Waals surface area (Å²) < 4.78 is 37.7. The van der Waals surface area contributed by atoms with Gasteiger partial charge in [0.15, 0.2) is 11.5 Å². The highest BCUT2D eigenvalue weighted by Crippen LogP contribution is 2.32. The number of carbonyl (C=O) groups is 1. The Morgan fingerprint density at radius 3 is 2.92 bits per heavy atom. The quantitative estimate of drug-likeness (QED) is 0.838. The van der Waals surface area contributed by atoms with Gasteiger partial charge in [0.25, 0.3) is 10.0 Å². The number of rotatable bonds is 5. The van der Waals surface area contributed by atoms with E-state index in [0.29, 0.717) is 37.4 Å². The second kappa shape index (κ2) is 6.90. The predicted octanol–water partition coefficient (Wildman–Crippen LogP) is 1.95. The third kappa shape index (κ3) is 3.17. The molecule has 1 aromatic heterocycles. The van der Waals surface area contributed by atoms with Crippen molar-refractivity contribution in [3.05, 3.63) is 41.3 Å². The number of nitrogens with zero attached hydrogens (tertiary/aromatic N) is 1. The van der Waals surface area contributed by atoms with Crippen molar-refractivity contribution in [1.82, 2.24) is 9.62 Å². The van der Waals surface area contributed by atoms with E-state index in [9.17, 15) is 13.2 Å². The molecule has 0 radical (unpaired) electrons. The fourth-order valence-electron chi connectivity index (χ4n) is 3.17. The van der Waals surface area contributed by atoms with Gasteiger partial charge in [-0.2, -0.15) is 4.31 Å². The van der Waals surface area contributed by atoms with Gasteiger partial charge in [0.1, 0.15) is 10.3 Å². The predicted molar refractivity (Wildman–Crippen MR) is 95.6 cm³/mol. The van der Waals surface area contributed by atoms with Crippen molar-refractivity contribution >= 4 is 27.3 Å². The summed E-state index contributed by atoms with van der Waals surface area (Å²) in [5.74, 6) is 1.06. The van der Waals surface area contributed by atoms with E-state index < -0.39 is 16.1 Å². The minimum atomic E-state index is -3.63. The molecule has 2 aromatic rings. The molecule has 2 aliphatic rings. The maximum Gasteiger partial charge on any atom is 0.253 e. The van der Waals surface area contributed by atoms with Crippen LogP contribution in [-0.2, 0) is 21.4 Å². The summed E-state index contributed by atoms with van der Waals surface area (Å²) in [6.45, 7) is 0.865. The molecule has 1 N–H and O–H groups in total. The zero-order valence-corrected chi connectivity index (χ0v) is 15.5. The van der Waals surface area contributed by atoms with Gasteiger partial charge < -0.3 is 14.8 Å². The standard InChI is InChI=1S/C17H18N2O5S2/c20-17(18-10-12-5-6-14-15(9-12)24-11-23-14)13-3-1-7-19(13)26(21,22)16-4-2-8-25-16/h2,4-6,8-9,13H,1,3,7,10-11H2,(H,18,20). The molecular formula is C17H18N2O5S2. The van der Waals surface area contributed by atoms with Crippen LogP contribution in [0, 0.1) is 0 Å². The minimum absolute atomic E-state index is 0.197. The maximum atomic E-state index is 12.7. The van der Waals surface area contributed by atoms with E-state index in [2.05, 4.69) is 5.32 Å². The molecule has 3 heterocycles. The molecule has 1 unspecified atom stereocenters. The van der Waals surface area contributed by atoms with Crippen LogP contribution in [0.1, 0.15) is 18.4 Å². The van der Waals surface area contributed by atoms with E-state index in [1.54, 1.807) is 23.6 Å². The number of ether oxygens (including phenoxy) is 2. The highest BCUT2D eigenvalue weighted by atomic mass is 32.2. The molecule has 0 bridgehead atoms. The summed E-state index contributed by atoms with van der Waals surface area (Å²) in [5, 5.41) is 4.56. The van der Waals surface area contributed by atoms with Crippen LogP contribution < -0.4 is 14.8 Å². The Bertz CT molecular complexity index is 911. The number of hydrogen-bond acceptors (Lipinski definition) is 6.